The van der Waals surface area contributed by atoms with E-state index < -0.39 is 33.6 Å². The minimum Gasteiger partial charge on any atom is -0.348 e. The molecule has 2 N–H and O–H groups in total. The number of rotatable bonds is 9. The van der Waals surface area contributed by atoms with Gasteiger partial charge < -0.3 is 5.32 Å². The van der Waals surface area contributed by atoms with Gasteiger partial charge in [-0.05, 0) is 53.8 Å². The van der Waals surface area contributed by atoms with E-state index in [2.05, 4.69) is 10.3 Å². The Labute approximate surface area is 206 Å². The number of hydrogen-bond donors (Lipinski definition) is 2. The quantitative estimate of drug-likeness (QED) is 0.315. The van der Waals surface area contributed by atoms with Crippen molar-refractivity contribution in [3.63, 3.8) is 0 Å². The number of nitrogens with zero attached hydrogens (tertiary/aromatic N) is 1. The maximum Gasteiger partial charge on any atom is 0.433 e. The summed E-state index contributed by atoms with van der Waals surface area (Å²) in [5.74, 6) is -1.36. The number of amides is 1. The molecular weight excluding hydrogens is 498 g/mol. The van der Waals surface area contributed by atoms with Crippen molar-refractivity contribution in [2.24, 2.45) is 0 Å². The molecule has 3 rings (SSSR count). The van der Waals surface area contributed by atoms with Crippen LogP contribution in [0.25, 0.3) is 6.08 Å². The summed E-state index contributed by atoms with van der Waals surface area (Å²) in [5, 5.41) is 2.55. The Bertz CT molecular complexity index is 1360. The van der Waals surface area contributed by atoms with E-state index in [1.54, 1.807) is 0 Å². The molecule has 11 heteroatoms. The lowest BCUT2D eigenvalue weighted by Gasteiger charge is -2.11. The van der Waals surface area contributed by atoms with Gasteiger partial charge in [0.1, 0.15) is 11.5 Å². The van der Waals surface area contributed by atoms with Gasteiger partial charge >= 0.3 is 6.18 Å². The number of aryl methyl sites for hydroxylation is 2. The molecule has 190 valence electrons. The van der Waals surface area contributed by atoms with E-state index in [1.165, 1.54) is 24.3 Å². The molecule has 2 aromatic carbocycles. The topological polar surface area (TPSA) is 88.2 Å². The van der Waals surface area contributed by atoms with Crippen LogP contribution in [-0.4, -0.2) is 25.6 Å². The molecule has 0 spiro atoms. The predicted octanol–water partition coefficient (Wildman–Crippen LogP) is 4.73. The van der Waals surface area contributed by atoms with E-state index in [4.69, 9.17) is 0 Å². The van der Waals surface area contributed by atoms with E-state index in [1.807, 2.05) is 35.1 Å². The first-order valence-corrected chi connectivity index (χ1v) is 12.6. The molecule has 6 nitrogen and oxygen atoms in total. The number of nitrogens with one attached hydrogen (secondary N) is 2. The van der Waals surface area contributed by atoms with Gasteiger partial charge in [-0.25, -0.2) is 17.8 Å². The highest BCUT2D eigenvalue weighted by molar-refractivity contribution is 7.92. The van der Waals surface area contributed by atoms with E-state index in [0.717, 1.165) is 30.0 Å². The van der Waals surface area contributed by atoms with Crippen LogP contribution < -0.4 is 10.0 Å². The highest BCUT2D eigenvalue weighted by Gasteiger charge is 2.32. The number of carbonyl (C=O) groups excluding carboxylic acids is 1. The lowest BCUT2D eigenvalue weighted by atomic mass is 10.0. The van der Waals surface area contributed by atoms with Gasteiger partial charge in [0.15, 0.2) is 0 Å². The summed E-state index contributed by atoms with van der Waals surface area (Å²) in [6.45, 7) is -0.0502. The van der Waals surface area contributed by atoms with Crippen LogP contribution in [0.2, 0.25) is 0 Å². The molecular formula is C25H23F4N3O3S. The number of aromatic nitrogens is 1. The average molecular weight is 522 g/mol. The number of alkyl halides is 3. The third-order valence-corrected chi connectivity index (χ3v) is 5.59. The fraction of sp³-hybridized carbons (Fsp3) is 0.200. The predicted molar refractivity (Wildman–Crippen MR) is 129 cm³/mol. The number of halogens is 4. The summed E-state index contributed by atoms with van der Waals surface area (Å²) in [4.78, 5) is 16.0. The van der Waals surface area contributed by atoms with Crippen LogP contribution in [-0.2, 0) is 40.4 Å². The zero-order valence-electron chi connectivity index (χ0n) is 19.1. The summed E-state index contributed by atoms with van der Waals surface area (Å²) in [7, 11) is -3.64. The normalized spacial score (nSPS) is 12.0. The summed E-state index contributed by atoms with van der Waals surface area (Å²) < 4.78 is 78.1. The highest BCUT2D eigenvalue weighted by Crippen LogP contribution is 2.29. The fourth-order valence-corrected chi connectivity index (χ4v) is 3.86. The molecule has 0 saturated heterocycles. The Kier molecular flexibility index (Phi) is 8.46. The zero-order chi connectivity index (χ0) is 26.3. The lowest BCUT2D eigenvalue weighted by Crippen LogP contribution is -2.20. The largest absolute Gasteiger partial charge is 0.433 e. The number of benzene rings is 2. The highest BCUT2D eigenvalue weighted by atomic mass is 32.2. The smallest absolute Gasteiger partial charge is 0.348 e. The second-order valence-electron chi connectivity index (χ2n) is 7.96. The molecule has 1 heterocycles. The Morgan fingerprint density at radius 1 is 1.00 bits per heavy atom. The molecule has 0 unspecified atom stereocenters. The second-order valence-corrected chi connectivity index (χ2v) is 9.70. The van der Waals surface area contributed by atoms with Gasteiger partial charge in [-0.3, -0.25) is 9.52 Å². The van der Waals surface area contributed by atoms with Crippen molar-refractivity contribution in [3.05, 3.63) is 101 Å². The van der Waals surface area contributed by atoms with E-state index in [9.17, 15) is 30.8 Å². The van der Waals surface area contributed by atoms with Gasteiger partial charge in [-0.1, -0.05) is 42.5 Å². The van der Waals surface area contributed by atoms with Crippen molar-refractivity contribution in [2.45, 2.75) is 25.6 Å². The molecule has 1 aromatic heterocycles. The second kappa shape index (κ2) is 11.3. The van der Waals surface area contributed by atoms with Crippen LogP contribution in [0.1, 0.15) is 28.1 Å². The molecule has 36 heavy (non-hydrogen) atoms. The van der Waals surface area contributed by atoms with Gasteiger partial charge in [0, 0.05) is 18.3 Å². The monoisotopic (exact) mass is 521 g/mol. The molecule has 0 atom stereocenters. The van der Waals surface area contributed by atoms with Crippen molar-refractivity contribution in [3.8, 4) is 0 Å². The molecule has 0 aliphatic rings. The standard InChI is InChI=1S/C25H23F4N3O3S/c1-36(34,35)32-22-12-8-18(15-20(22)26)16-30-24(33)14-10-19-9-13-23(25(27,28)29)31-21(19)11-7-17-5-3-2-4-6-17/h2-6,8-10,12-15,32H,7,11,16H2,1H3,(H,30,33)/b14-10+. The van der Waals surface area contributed by atoms with Gasteiger partial charge in [0.25, 0.3) is 0 Å². The van der Waals surface area contributed by atoms with Gasteiger partial charge in [-0.2, -0.15) is 13.2 Å². The molecule has 0 fully saturated rings. The Morgan fingerprint density at radius 3 is 2.36 bits per heavy atom. The SMILES string of the molecule is CS(=O)(=O)Nc1ccc(CNC(=O)/C=C/c2ccc(C(F)(F)F)nc2CCc2ccccc2)cc1F. The maximum atomic E-state index is 14.1. The Balaban J connectivity index is 1.69. The number of sulfonamides is 1. The van der Waals surface area contributed by atoms with Gasteiger partial charge in [0.2, 0.25) is 15.9 Å². The van der Waals surface area contributed by atoms with Crippen LogP contribution in [0, 0.1) is 5.82 Å². The summed E-state index contributed by atoms with van der Waals surface area (Å²) in [6.07, 6.45) is -0.454. The Morgan fingerprint density at radius 2 is 1.72 bits per heavy atom. The zero-order valence-corrected chi connectivity index (χ0v) is 20.0. The summed E-state index contributed by atoms with van der Waals surface area (Å²) in [5.41, 5.74) is 0.667. The number of anilines is 1. The number of pyridine rings is 1. The van der Waals surface area contributed by atoms with Crippen molar-refractivity contribution in [1.29, 1.82) is 0 Å². The summed E-state index contributed by atoms with van der Waals surface area (Å²) in [6, 6.07) is 15.1. The minimum atomic E-state index is -4.59. The van der Waals surface area contributed by atoms with Gasteiger partial charge in [-0.15, -0.1) is 0 Å². The average Bonchev–Trinajstić information content (AvgIpc) is 2.81. The van der Waals surface area contributed by atoms with E-state index >= 15 is 0 Å². The molecule has 0 saturated carbocycles. The first-order valence-electron chi connectivity index (χ1n) is 10.7. The van der Waals surface area contributed by atoms with Crippen molar-refractivity contribution in [1.82, 2.24) is 10.3 Å². The van der Waals surface area contributed by atoms with Crippen LogP contribution in [0.4, 0.5) is 23.2 Å². The molecule has 0 bridgehead atoms. The lowest BCUT2D eigenvalue weighted by molar-refractivity contribution is -0.141. The van der Waals surface area contributed by atoms with E-state index in [0.29, 0.717) is 17.5 Å². The van der Waals surface area contributed by atoms with Crippen molar-refractivity contribution in [2.75, 3.05) is 11.0 Å². The van der Waals surface area contributed by atoms with Gasteiger partial charge in [0.05, 0.1) is 11.9 Å². The molecule has 1 amide bonds. The van der Waals surface area contributed by atoms with Crippen LogP contribution >= 0.6 is 0 Å². The maximum absolute atomic E-state index is 14.1. The van der Waals surface area contributed by atoms with Crippen LogP contribution in [0.3, 0.4) is 0 Å². The number of hydrogen-bond acceptors (Lipinski definition) is 4. The first kappa shape index (κ1) is 26.9. The summed E-state index contributed by atoms with van der Waals surface area (Å²) >= 11 is 0. The third kappa shape index (κ3) is 8.19. The fourth-order valence-electron chi connectivity index (χ4n) is 3.29. The molecule has 3 aromatic rings. The van der Waals surface area contributed by atoms with Crippen LogP contribution in [0.5, 0.6) is 0 Å². The first-order chi connectivity index (χ1) is 16.9. The van der Waals surface area contributed by atoms with Crippen molar-refractivity contribution < 1.29 is 30.8 Å². The molecule has 0 radical (unpaired) electrons. The van der Waals surface area contributed by atoms with Crippen molar-refractivity contribution >= 4 is 27.7 Å². The third-order valence-electron chi connectivity index (χ3n) is 5.00. The Hall–Kier alpha value is -3.73. The molecule has 0 aliphatic heterocycles. The van der Waals surface area contributed by atoms with E-state index in [-0.39, 0.29) is 24.3 Å². The number of carbonyl (C=O) groups is 1. The minimum absolute atomic E-state index is 0.0502. The van der Waals surface area contributed by atoms with Crippen LogP contribution in [0.15, 0.2) is 66.7 Å². The molecule has 0 aliphatic carbocycles.